The van der Waals surface area contributed by atoms with E-state index in [0.717, 1.165) is 12.0 Å². The van der Waals surface area contributed by atoms with Crippen molar-refractivity contribution >= 4 is 11.4 Å². The van der Waals surface area contributed by atoms with Crippen molar-refractivity contribution in [2.45, 2.75) is 44.9 Å². The molecule has 0 saturated carbocycles. The van der Waals surface area contributed by atoms with E-state index in [1.165, 1.54) is 6.07 Å². The van der Waals surface area contributed by atoms with Crippen LogP contribution in [0.3, 0.4) is 0 Å². The fourth-order valence-corrected chi connectivity index (χ4v) is 3.45. The minimum absolute atomic E-state index is 0.210. The molecule has 0 spiro atoms. The quantitative estimate of drug-likeness (QED) is 0.604. The van der Waals surface area contributed by atoms with Crippen LogP contribution in [0.1, 0.15) is 45.2 Å². The van der Waals surface area contributed by atoms with Crippen molar-refractivity contribution in [2.75, 3.05) is 0 Å². The molecule has 0 N–H and O–H groups in total. The van der Waals surface area contributed by atoms with Crippen molar-refractivity contribution in [3.63, 3.8) is 0 Å². The van der Waals surface area contributed by atoms with E-state index in [9.17, 15) is 20.2 Å². The Kier molecular flexibility index (Phi) is 2.66. The highest BCUT2D eigenvalue weighted by Gasteiger charge is 2.49. The van der Waals surface area contributed by atoms with Gasteiger partial charge in [0.1, 0.15) is 0 Å². The highest BCUT2D eigenvalue weighted by atomic mass is 16.6. The third kappa shape index (κ3) is 1.87. The van der Waals surface area contributed by atoms with Crippen molar-refractivity contribution in [3.05, 3.63) is 43.5 Å². The summed E-state index contributed by atoms with van der Waals surface area (Å²) >= 11 is 0. The Hall–Kier alpha value is -1.98. The van der Waals surface area contributed by atoms with Crippen LogP contribution < -0.4 is 0 Å². The molecule has 2 rings (SSSR count). The summed E-state index contributed by atoms with van der Waals surface area (Å²) in [5.74, 6) is 0. The normalized spacial score (nSPS) is 18.9. The molecular weight excluding hydrogens is 248 g/mol. The zero-order valence-electron chi connectivity index (χ0n) is 11.4. The number of nitro groups is 2. The summed E-state index contributed by atoms with van der Waals surface area (Å²) in [7, 11) is 0. The Morgan fingerprint density at radius 2 is 1.58 bits per heavy atom. The lowest BCUT2D eigenvalue weighted by Gasteiger charge is -2.22. The first-order valence-electron chi connectivity index (χ1n) is 6.05. The molecule has 102 valence electrons. The van der Waals surface area contributed by atoms with Gasteiger partial charge in [0.25, 0.3) is 0 Å². The third-order valence-corrected chi connectivity index (χ3v) is 3.83. The van der Waals surface area contributed by atoms with E-state index in [2.05, 4.69) is 0 Å². The molecule has 0 bridgehead atoms. The Bertz CT molecular complexity index is 591. The summed E-state index contributed by atoms with van der Waals surface area (Å²) < 4.78 is 0. The van der Waals surface area contributed by atoms with Gasteiger partial charge in [-0.25, -0.2) is 0 Å². The molecule has 0 saturated heterocycles. The molecule has 0 radical (unpaired) electrons. The van der Waals surface area contributed by atoms with Gasteiger partial charge in [-0.05, 0) is 22.8 Å². The predicted molar refractivity (Wildman–Crippen MR) is 70.4 cm³/mol. The lowest BCUT2D eigenvalue weighted by atomic mass is 9.81. The van der Waals surface area contributed by atoms with Crippen molar-refractivity contribution < 1.29 is 9.85 Å². The summed E-state index contributed by atoms with van der Waals surface area (Å²) in [4.78, 5) is 21.0. The Morgan fingerprint density at radius 3 is 2.05 bits per heavy atom. The van der Waals surface area contributed by atoms with E-state index in [4.69, 9.17) is 0 Å². The maximum Gasteiger partial charge on any atom is 0.350 e. The lowest BCUT2D eigenvalue weighted by molar-refractivity contribution is -0.423. The van der Waals surface area contributed by atoms with Crippen LogP contribution in [0, 0.1) is 20.2 Å². The van der Waals surface area contributed by atoms with Crippen molar-refractivity contribution in [1.82, 2.24) is 0 Å². The van der Waals surface area contributed by atoms with Crippen LogP contribution in [-0.2, 0) is 10.8 Å². The van der Waals surface area contributed by atoms with Gasteiger partial charge >= 0.3 is 11.4 Å². The van der Waals surface area contributed by atoms with Gasteiger partial charge < -0.3 is 0 Å². The molecule has 1 aromatic carbocycles. The third-order valence-electron chi connectivity index (χ3n) is 3.83. The molecule has 0 atom stereocenters. The standard InChI is InChI=1S/C13H16N2O4/c1-12(2)7-13(3,4)10-8(12)5-6-9(14(16)17)11(10)15(18)19/h5-6H,7H2,1-4H3. The number of hydrogen-bond acceptors (Lipinski definition) is 4. The van der Waals surface area contributed by atoms with Gasteiger partial charge in [-0.1, -0.05) is 33.8 Å². The molecule has 1 aromatic rings. The first-order valence-corrected chi connectivity index (χ1v) is 6.05. The molecule has 1 aliphatic rings. The lowest BCUT2D eigenvalue weighted by Crippen LogP contribution is -2.18. The van der Waals surface area contributed by atoms with Crippen LogP contribution in [0.4, 0.5) is 11.4 Å². The van der Waals surface area contributed by atoms with Crippen LogP contribution >= 0.6 is 0 Å². The molecule has 6 heteroatoms. The molecule has 0 aliphatic heterocycles. The van der Waals surface area contributed by atoms with Crippen LogP contribution in [0.2, 0.25) is 0 Å². The predicted octanol–water partition coefficient (Wildman–Crippen LogP) is 3.46. The van der Waals surface area contributed by atoms with E-state index in [0.29, 0.717) is 5.56 Å². The van der Waals surface area contributed by atoms with E-state index in [1.807, 2.05) is 27.7 Å². The summed E-state index contributed by atoms with van der Waals surface area (Å²) in [5, 5.41) is 22.3. The number of hydrogen-bond donors (Lipinski definition) is 0. The number of nitro benzene ring substituents is 2. The summed E-state index contributed by atoms with van der Waals surface area (Å²) in [5.41, 5.74) is -0.0643. The highest BCUT2D eigenvalue weighted by molar-refractivity contribution is 5.66. The molecule has 0 heterocycles. The Morgan fingerprint density at radius 1 is 1.00 bits per heavy atom. The Labute approximate surface area is 110 Å². The van der Waals surface area contributed by atoms with Gasteiger partial charge in [0.05, 0.1) is 9.85 Å². The van der Waals surface area contributed by atoms with E-state index >= 15 is 0 Å². The van der Waals surface area contributed by atoms with E-state index < -0.39 is 20.9 Å². The summed E-state index contributed by atoms with van der Waals surface area (Å²) in [6.45, 7) is 7.82. The van der Waals surface area contributed by atoms with Gasteiger partial charge in [-0.3, -0.25) is 20.2 Å². The summed E-state index contributed by atoms with van der Waals surface area (Å²) in [6, 6.07) is 2.91. The van der Waals surface area contributed by atoms with Crippen LogP contribution in [-0.4, -0.2) is 9.85 Å². The van der Waals surface area contributed by atoms with E-state index in [1.54, 1.807) is 6.07 Å². The molecule has 0 fully saturated rings. The first kappa shape index (κ1) is 13.5. The maximum atomic E-state index is 11.3. The largest absolute Gasteiger partial charge is 0.350 e. The topological polar surface area (TPSA) is 86.3 Å². The first-order chi connectivity index (χ1) is 8.58. The van der Waals surface area contributed by atoms with Crippen molar-refractivity contribution in [2.24, 2.45) is 0 Å². The van der Waals surface area contributed by atoms with Crippen LogP contribution in [0.25, 0.3) is 0 Å². The molecule has 0 unspecified atom stereocenters. The fourth-order valence-electron chi connectivity index (χ4n) is 3.45. The second-order valence-electron chi connectivity index (χ2n) is 6.31. The van der Waals surface area contributed by atoms with Crippen LogP contribution in [0.5, 0.6) is 0 Å². The van der Waals surface area contributed by atoms with Gasteiger partial charge in [0.15, 0.2) is 0 Å². The molecule has 0 aromatic heterocycles. The number of fused-ring (bicyclic) bond motifs is 1. The summed E-state index contributed by atoms with van der Waals surface area (Å²) in [6.07, 6.45) is 0.733. The second-order valence-corrected chi connectivity index (χ2v) is 6.31. The van der Waals surface area contributed by atoms with Gasteiger partial charge in [-0.15, -0.1) is 0 Å². The van der Waals surface area contributed by atoms with Gasteiger partial charge in [0.2, 0.25) is 0 Å². The van der Waals surface area contributed by atoms with Crippen molar-refractivity contribution in [1.29, 1.82) is 0 Å². The smallest absolute Gasteiger partial charge is 0.258 e. The molecular formula is C13H16N2O4. The SMILES string of the molecule is CC1(C)CC(C)(C)c2c1ccc([N+](=O)[O-])c2[N+](=O)[O-]. The number of nitrogens with zero attached hydrogens (tertiary/aromatic N) is 2. The minimum Gasteiger partial charge on any atom is -0.258 e. The number of rotatable bonds is 2. The Balaban J connectivity index is 2.88. The minimum atomic E-state index is -0.681. The maximum absolute atomic E-state index is 11.3. The van der Waals surface area contributed by atoms with E-state index in [-0.39, 0.29) is 11.1 Å². The number of benzene rings is 1. The molecule has 6 nitrogen and oxygen atoms in total. The van der Waals surface area contributed by atoms with Gasteiger partial charge in [-0.2, -0.15) is 0 Å². The zero-order valence-corrected chi connectivity index (χ0v) is 11.4. The van der Waals surface area contributed by atoms with Crippen molar-refractivity contribution in [3.8, 4) is 0 Å². The second kappa shape index (κ2) is 3.76. The highest BCUT2D eigenvalue weighted by Crippen LogP contribution is 2.54. The monoisotopic (exact) mass is 264 g/mol. The molecule has 19 heavy (non-hydrogen) atoms. The average molecular weight is 264 g/mol. The molecule has 0 amide bonds. The average Bonchev–Trinajstić information content (AvgIpc) is 2.43. The molecule has 1 aliphatic carbocycles. The zero-order chi connectivity index (χ0) is 14.6. The van der Waals surface area contributed by atoms with Gasteiger partial charge in [0, 0.05) is 11.6 Å². The fraction of sp³-hybridized carbons (Fsp3) is 0.538. The van der Waals surface area contributed by atoms with Crippen LogP contribution in [0.15, 0.2) is 12.1 Å².